The fraction of sp³-hybridized carbons (Fsp3) is 0.522. The Kier molecular flexibility index (Phi) is 7.04. The Bertz CT molecular complexity index is 1130. The highest BCUT2D eigenvalue weighted by atomic mass is 35.5. The van der Waals surface area contributed by atoms with Gasteiger partial charge in [-0.2, -0.15) is 13.2 Å². The molecule has 3 aromatic rings. The smallest absolute Gasteiger partial charge is 0.416 e. The highest BCUT2D eigenvalue weighted by molar-refractivity contribution is 7.99. The Balaban J connectivity index is 0.00000274. The van der Waals surface area contributed by atoms with Crippen LogP contribution in [0.2, 0.25) is 0 Å². The van der Waals surface area contributed by atoms with Crippen LogP contribution in [0.4, 0.5) is 13.2 Å². The second kappa shape index (κ2) is 9.54. The fourth-order valence-electron chi connectivity index (χ4n) is 4.99. The molecule has 0 spiro atoms. The van der Waals surface area contributed by atoms with Gasteiger partial charge in [0, 0.05) is 24.8 Å². The zero-order valence-electron chi connectivity index (χ0n) is 19.0. The van der Waals surface area contributed by atoms with Crippen molar-refractivity contribution in [2.75, 3.05) is 25.4 Å². The molecule has 6 nitrogen and oxygen atoms in total. The molecule has 0 bridgehead atoms. The number of oxazole rings is 1. The molecular formula is C23H27ClF3N5OS. The average molecular weight is 514 g/mol. The molecular weight excluding hydrogens is 487 g/mol. The summed E-state index contributed by atoms with van der Waals surface area (Å²) < 4.78 is 45.9. The predicted molar refractivity (Wildman–Crippen MR) is 126 cm³/mol. The highest BCUT2D eigenvalue weighted by Crippen LogP contribution is 2.59. The topological polar surface area (TPSA) is 60.0 Å². The van der Waals surface area contributed by atoms with Gasteiger partial charge in [-0.05, 0) is 62.9 Å². The van der Waals surface area contributed by atoms with Crippen molar-refractivity contribution in [3.05, 3.63) is 47.5 Å². The van der Waals surface area contributed by atoms with Crippen LogP contribution in [0.25, 0.3) is 11.6 Å². The minimum atomic E-state index is -4.28. The summed E-state index contributed by atoms with van der Waals surface area (Å²) in [5.41, 5.74) is 1.37. The molecule has 0 radical (unpaired) electrons. The van der Waals surface area contributed by atoms with Gasteiger partial charge in [-0.3, -0.25) is 0 Å². The molecule has 184 valence electrons. The van der Waals surface area contributed by atoms with Crippen molar-refractivity contribution >= 4 is 24.2 Å². The summed E-state index contributed by atoms with van der Waals surface area (Å²) >= 11 is 1.68. The second-order valence-corrected chi connectivity index (χ2v) is 10.1. The number of thioether (sulfide) groups is 1. The lowest BCUT2D eigenvalue weighted by Crippen LogP contribution is -2.37. The quantitative estimate of drug-likeness (QED) is 0.313. The molecule has 5 rings (SSSR count). The maximum atomic E-state index is 12.9. The van der Waals surface area contributed by atoms with Crippen molar-refractivity contribution in [1.29, 1.82) is 0 Å². The van der Waals surface area contributed by atoms with Crippen molar-refractivity contribution in [3.8, 4) is 11.6 Å². The number of piperidine rings is 1. The average Bonchev–Trinajstić information content (AvgIpc) is 3.21. The van der Waals surface area contributed by atoms with Crippen LogP contribution in [0.1, 0.15) is 36.1 Å². The number of fused-ring (bicyclic) bond motifs is 1. The van der Waals surface area contributed by atoms with Gasteiger partial charge in [0.15, 0.2) is 17.3 Å². The third kappa shape index (κ3) is 4.72. The molecule has 0 N–H and O–H groups in total. The van der Waals surface area contributed by atoms with Gasteiger partial charge in [-0.15, -0.1) is 22.6 Å². The number of aromatic nitrogens is 4. The van der Waals surface area contributed by atoms with E-state index < -0.39 is 11.7 Å². The maximum absolute atomic E-state index is 12.9. The van der Waals surface area contributed by atoms with Crippen LogP contribution in [0.5, 0.6) is 0 Å². The molecule has 3 heterocycles. The summed E-state index contributed by atoms with van der Waals surface area (Å²) in [6, 6.07) is 5.82. The van der Waals surface area contributed by atoms with Crippen molar-refractivity contribution < 1.29 is 17.6 Å². The zero-order valence-corrected chi connectivity index (χ0v) is 20.6. The van der Waals surface area contributed by atoms with Gasteiger partial charge in [0.25, 0.3) is 0 Å². The molecule has 1 aliphatic carbocycles. The van der Waals surface area contributed by atoms with Gasteiger partial charge < -0.3 is 13.9 Å². The Morgan fingerprint density at radius 2 is 1.97 bits per heavy atom. The Morgan fingerprint density at radius 3 is 2.62 bits per heavy atom. The summed E-state index contributed by atoms with van der Waals surface area (Å²) in [5, 5.41) is 9.38. The molecule has 1 aromatic carbocycles. The van der Waals surface area contributed by atoms with Gasteiger partial charge in [-0.1, -0.05) is 23.9 Å². The number of hydrogen-bond acceptors (Lipinski definition) is 6. The molecule has 1 saturated carbocycles. The monoisotopic (exact) mass is 513 g/mol. The van der Waals surface area contributed by atoms with Crippen molar-refractivity contribution in [1.82, 2.24) is 24.6 Å². The normalized spacial score (nSPS) is 22.3. The van der Waals surface area contributed by atoms with Crippen molar-refractivity contribution in [3.63, 3.8) is 0 Å². The van der Waals surface area contributed by atoms with E-state index in [4.69, 9.17) is 4.42 Å². The molecule has 11 heteroatoms. The van der Waals surface area contributed by atoms with Crippen LogP contribution >= 0.6 is 24.2 Å². The second-order valence-electron chi connectivity index (χ2n) is 9.02. The third-order valence-electron chi connectivity index (χ3n) is 7.01. The lowest BCUT2D eigenvalue weighted by molar-refractivity contribution is -0.137. The first-order valence-corrected chi connectivity index (χ1v) is 12.1. The predicted octanol–water partition coefficient (Wildman–Crippen LogP) is 5.36. The summed E-state index contributed by atoms with van der Waals surface area (Å²) in [6.45, 7) is 4.90. The van der Waals surface area contributed by atoms with Gasteiger partial charge >= 0.3 is 6.18 Å². The number of likely N-dealkylation sites (tertiary alicyclic amines) is 1. The first kappa shape index (κ1) is 25.1. The largest absolute Gasteiger partial charge is 0.440 e. The van der Waals surface area contributed by atoms with Crippen LogP contribution in [-0.4, -0.2) is 50.0 Å². The summed E-state index contributed by atoms with van der Waals surface area (Å²) in [6.07, 6.45) is 0.263. The maximum Gasteiger partial charge on any atom is 0.416 e. The van der Waals surface area contributed by atoms with Crippen LogP contribution in [0.15, 0.2) is 40.2 Å². The van der Waals surface area contributed by atoms with E-state index in [0.717, 1.165) is 61.1 Å². The minimum absolute atomic E-state index is 0. The van der Waals surface area contributed by atoms with Crippen LogP contribution in [0.3, 0.4) is 0 Å². The summed E-state index contributed by atoms with van der Waals surface area (Å²) in [7, 11) is 1.93. The number of nitrogens with zero attached hydrogens (tertiary/aromatic N) is 5. The summed E-state index contributed by atoms with van der Waals surface area (Å²) in [4.78, 5) is 6.60. The van der Waals surface area contributed by atoms with E-state index in [2.05, 4.69) is 20.1 Å². The molecule has 1 saturated heterocycles. The lowest BCUT2D eigenvalue weighted by Gasteiger charge is -2.32. The van der Waals surface area contributed by atoms with Crippen molar-refractivity contribution in [2.24, 2.45) is 13.0 Å². The lowest BCUT2D eigenvalue weighted by atomic mass is 9.86. The van der Waals surface area contributed by atoms with Gasteiger partial charge in [0.2, 0.25) is 5.82 Å². The number of alkyl halides is 3. The molecule has 2 aliphatic rings. The SMILES string of the molecule is Cc1ncoc1-c1nnc(SCCCN2CC[C@]3(c4ccc(C(F)(F)F)cc4)C[C@@H]3C2)n1C.Cl. The number of benzene rings is 1. The van der Waals surface area contributed by atoms with Gasteiger partial charge in [0.05, 0.1) is 11.3 Å². The van der Waals surface area contributed by atoms with Crippen LogP contribution in [-0.2, 0) is 18.6 Å². The van der Waals surface area contributed by atoms with E-state index in [0.29, 0.717) is 17.5 Å². The molecule has 0 amide bonds. The van der Waals surface area contributed by atoms with E-state index in [1.54, 1.807) is 23.9 Å². The molecule has 2 atom stereocenters. The number of aryl methyl sites for hydroxylation is 1. The molecule has 34 heavy (non-hydrogen) atoms. The number of rotatable bonds is 7. The number of halogens is 4. The number of hydrogen-bond donors (Lipinski definition) is 0. The third-order valence-corrected chi connectivity index (χ3v) is 8.11. The molecule has 2 fully saturated rings. The van der Waals surface area contributed by atoms with E-state index in [-0.39, 0.29) is 17.8 Å². The summed E-state index contributed by atoms with van der Waals surface area (Å²) in [5.74, 6) is 2.80. The van der Waals surface area contributed by atoms with E-state index in [1.807, 2.05) is 18.5 Å². The van der Waals surface area contributed by atoms with Gasteiger partial charge in [0.1, 0.15) is 0 Å². The Hall–Kier alpha value is -2.04. The fourth-order valence-corrected chi connectivity index (χ4v) is 5.82. The Labute approximate surface area is 206 Å². The first-order chi connectivity index (χ1) is 15.8. The molecule has 0 unspecified atom stereocenters. The van der Waals surface area contributed by atoms with Crippen LogP contribution < -0.4 is 0 Å². The standard InChI is InChI=1S/C23H26F3N5OS.ClH/c1-15-19(32-14-27-15)20-28-29-21(30(20)2)33-11-3-9-31-10-8-22(12-18(22)13-31)16-4-6-17(7-5-16)23(24,25)26;/h4-7,14,18H,3,8-13H2,1-2H3;1H/t18-,22-;/m1./s1. The van der Waals surface area contributed by atoms with Crippen LogP contribution in [0, 0.1) is 12.8 Å². The van der Waals surface area contributed by atoms with E-state index in [9.17, 15) is 13.2 Å². The first-order valence-electron chi connectivity index (χ1n) is 11.1. The zero-order chi connectivity index (χ0) is 23.2. The van der Waals surface area contributed by atoms with Gasteiger partial charge in [-0.25, -0.2) is 4.98 Å². The minimum Gasteiger partial charge on any atom is -0.440 e. The Morgan fingerprint density at radius 1 is 1.21 bits per heavy atom. The van der Waals surface area contributed by atoms with E-state index >= 15 is 0 Å². The molecule has 1 aliphatic heterocycles. The highest BCUT2D eigenvalue weighted by Gasteiger charge is 2.57. The van der Waals surface area contributed by atoms with E-state index in [1.165, 1.54) is 18.5 Å². The van der Waals surface area contributed by atoms with Crippen molar-refractivity contribution in [2.45, 2.75) is 42.9 Å². The molecule has 2 aromatic heterocycles.